The van der Waals surface area contributed by atoms with Crippen LogP contribution in [0.15, 0.2) is 183 Å². The van der Waals surface area contributed by atoms with Gasteiger partial charge in [-0.3, -0.25) is 22.8 Å². The van der Waals surface area contributed by atoms with Gasteiger partial charge in [0, 0.05) is 16.5 Å². The molecular weight excluding hydrogens is 1460 g/mol. The van der Waals surface area contributed by atoms with Gasteiger partial charge in [-0.2, -0.15) is 77.1 Å². The summed E-state index contributed by atoms with van der Waals surface area (Å²) in [7, 11) is -28.7. The number of phenolic OH excluding ortho intramolecular Hbond substituents is 2. The van der Waals surface area contributed by atoms with E-state index in [9.17, 15) is 78.9 Å². The quantitative estimate of drug-likeness (QED) is 0.0209. The Balaban J connectivity index is 1.02. The van der Waals surface area contributed by atoms with Gasteiger partial charge < -0.3 is 31.5 Å². The Morgan fingerprint density at radius 2 is 0.847 bits per heavy atom. The number of benzene rings is 8. The van der Waals surface area contributed by atoms with E-state index in [-0.39, 0.29) is 100 Å². The predicted molar refractivity (Wildman–Crippen MR) is 351 cm³/mol. The highest BCUT2D eigenvalue weighted by atomic mass is 35.5. The van der Waals surface area contributed by atoms with E-state index < -0.39 is 133 Å². The zero-order valence-electron chi connectivity index (χ0n) is 49.0. The van der Waals surface area contributed by atoms with Gasteiger partial charge >= 0.3 is 10.4 Å². The summed E-state index contributed by atoms with van der Waals surface area (Å²) in [5.41, 5.74) is -1.44. The van der Waals surface area contributed by atoms with E-state index >= 15 is 0 Å². The third kappa shape index (κ3) is 16.8. The minimum Gasteiger partial charge on any atom is -0.505 e. The van der Waals surface area contributed by atoms with Crippen LogP contribution in [0.5, 0.6) is 11.5 Å². The molecule has 98 heavy (non-hydrogen) atoms. The second-order valence-electron chi connectivity index (χ2n) is 20.2. The van der Waals surface area contributed by atoms with E-state index in [2.05, 4.69) is 86.0 Å². The summed E-state index contributed by atoms with van der Waals surface area (Å²) < 4.78 is 200. The van der Waals surface area contributed by atoms with E-state index in [1.807, 2.05) is 0 Å². The molecule has 0 saturated heterocycles. The second kappa shape index (κ2) is 27.5. The van der Waals surface area contributed by atoms with Crippen molar-refractivity contribution in [2.24, 2.45) is 30.7 Å². The summed E-state index contributed by atoms with van der Waals surface area (Å²) in [5, 5.41) is 58.0. The maximum absolute atomic E-state index is 12.9. The number of nitrogens with one attached hydrogen (secondary N) is 4. The van der Waals surface area contributed by atoms with Crippen molar-refractivity contribution < 1.29 is 87.7 Å². The Morgan fingerprint density at radius 1 is 0.429 bits per heavy atom. The first kappa shape index (κ1) is 70.7. The number of aromatic hydroxyl groups is 2. The molecule has 0 bridgehead atoms. The molecule has 2 aromatic heterocycles. The highest BCUT2D eigenvalue weighted by molar-refractivity contribution is 7.91. The number of anilines is 8. The third-order valence-corrected chi connectivity index (χ3v) is 19.3. The zero-order chi connectivity index (χ0) is 71.0. The zero-order valence-corrected chi connectivity index (χ0v) is 55.5. The predicted octanol–water partition coefficient (Wildman–Crippen LogP) is 11.5. The highest BCUT2D eigenvalue weighted by Gasteiger charge is 2.25. The largest absolute Gasteiger partial charge is 0.505 e. The molecule has 0 aliphatic carbocycles. The lowest BCUT2D eigenvalue weighted by atomic mass is 10.0. The van der Waals surface area contributed by atoms with Crippen LogP contribution in [-0.2, 0) is 64.9 Å². The minimum absolute atomic E-state index is 0.00561. The van der Waals surface area contributed by atoms with Crippen LogP contribution in [0.3, 0.4) is 0 Å². The van der Waals surface area contributed by atoms with Gasteiger partial charge in [0.15, 0.2) is 21.3 Å². The fourth-order valence-corrected chi connectivity index (χ4v) is 13.3. The molecule has 0 spiro atoms. The molecule has 0 aliphatic rings. The molecule has 0 atom stereocenters. The number of aromatic nitrogens is 6. The first-order chi connectivity index (χ1) is 45.9. The Hall–Kier alpha value is -10.1. The minimum atomic E-state index is -5.00. The van der Waals surface area contributed by atoms with Gasteiger partial charge in [0.05, 0.1) is 49.8 Å². The van der Waals surface area contributed by atoms with Crippen LogP contribution < -0.4 is 21.3 Å². The average Bonchev–Trinajstić information content (AvgIpc) is 0.763. The van der Waals surface area contributed by atoms with Gasteiger partial charge in [-0.05, 0) is 162 Å². The second-order valence-corrected chi connectivity index (χ2v) is 29.7. The van der Waals surface area contributed by atoms with Crippen molar-refractivity contribution >= 4 is 186 Å². The van der Waals surface area contributed by atoms with Gasteiger partial charge in [-0.25, -0.2) is 12.6 Å². The number of nitrogens with zero attached hydrogens (tertiary/aromatic N) is 12. The molecule has 11 N–H and O–H groups in total. The number of halogens is 2. The molecule has 10 aromatic rings. The van der Waals surface area contributed by atoms with Crippen LogP contribution in [0.2, 0.25) is 10.6 Å². The average molecular weight is 1500 g/mol. The third-order valence-electron chi connectivity index (χ3n) is 13.4. The Kier molecular flexibility index (Phi) is 19.8. The summed E-state index contributed by atoms with van der Waals surface area (Å²) in [5.74, 6) is -3.82. The molecule has 36 nitrogen and oxygen atoms in total. The molecule has 0 amide bonds. The lowest BCUT2D eigenvalue weighted by Gasteiger charge is -2.16. The van der Waals surface area contributed by atoms with Crippen molar-refractivity contribution in [1.82, 2.24) is 29.9 Å². The number of rotatable bonds is 23. The monoisotopic (exact) mass is 1500 g/mol. The first-order valence-corrected chi connectivity index (χ1v) is 36.3. The summed E-state index contributed by atoms with van der Waals surface area (Å²) in [4.78, 5) is 22.3. The summed E-state index contributed by atoms with van der Waals surface area (Å²) in [6.07, 6.45) is 0. The fraction of sp³-hybridized carbons (Fsp3) is 0.0741. The number of hydrogen-bond acceptors (Lipinski definition) is 31. The highest BCUT2D eigenvalue weighted by Crippen LogP contribution is 2.47. The van der Waals surface area contributed by atoms with Crippen molar-refractivity contribution in [1.29, 1.82) is 0 Å². The van der Waals surface area contributed by atoms with Gasteiger partial charge in [-0.1, -0.05) is 24.3 Å². The van der Waals surface area contributed by atoms with E-state index in [0.717, 1.165) is 48.5 Å². The van der Waals surface area contributed by atoms with Gasteiger partial charge in [0.2, 0.25) is 34.4 Å². The van der Waals surface area contributed by atoms with Crippen LogP contribution in [0.1, 0.15) is 11.1 Å². The summed E-state index contributed by atoms with van der Waals surface area (Å²) in [6.45, 7) is 1.99. The molecule has 0 radical (unpaired) electrons. The Labute approximate surface area is 563 Å². The van der Waals surface area contributed by atoms with Crippen molar-refractivity contribution in [3.8, 4) is 11.5 Å². The summed E-state index contributed by atoms with van der Waals surface area (Å²) in [6, 6.07) is 25.4. The van der Waals surface area contributed by atoms with Crippen LogP contribution in [0.4, 0.5) is 80.7 Å². The smallest absolute Gasteiger partial charge is 0.397 e. The van der Waals surface area contributed by atoms with Crippen molar-refractivity contribution in [2.75, 3.05) is 33.6 Å². The molecule has 0 unspecified atom stereocenters. The lowest BCUT2D eigenvalue weighted by molar-refractivity contribution is 0.284. The van der Waals surface area contributed by atoms with Crippen molar-refractivity contribution in [2.45, 2.75) is 38.3 Å². The Bertz CT molecular complexity index is 5770. The first-order valence-electron chi connectivity index (χ1n) is 26.8. The van der Waals surface area contributed by atoms with Crippen molar-refractivity contribution in [3.05, 3.63) is 149 Å². The van der Waals surface area contributed by atoms with E-state index in [1.54, 1.807) is 0 Å². The SMILES string of the molecule is Cc1cc2cc(S(=O)(=O)O)cc(Nc3nc(Cl)nc(Nc4ccc(N=Nc5ccc(S(=O)(=O)CCOS(=O)(=O)O)cc5)c(Nc5nc(Cl)nc(Nc6cc(S(=O)(=O)O)cc7cc(C)c(N=Nc8ccccc8S(=O)(=O)O)c(O)c67)n5)c4)n3)c2c(O)c1N=Nc1ccccc1S(=O)(=O)O. The molecule has 508 valence electrons. The number of fused-ring (bicyclic) bond motifs is 2. The molecule has 0 fully saturated rings. The fourth-order valence-electron chi connectivity index (χ4n) is 9.13. The Morgan fingerprint density at radius 3 is 1.28 bits per heavy atom. The lowest BCUT2D eigenvalue weighted by Crippen LogP contribution is -2.15. The van der Waals surface area contributed by atoms with E-state index in [1.165, 1.54) is 92.7 Å². The van der Waals surface area contributed by atoms with E-state index in [4.69, 9.17) is 27.8 Å². The number of sulfone groups is 1. The maximum atomic E-state index is 12.9. The van der Waals surface area contributed by atoms with Gasteiger partial charge in [-0.15, -0.1) is 25.6 Å². The van der Waals surface area contributed by atoms with Gasteiger partial charge in [0.25, 0.3) is 40.5 Å². The van der Waals surface area contributed by atoms with Crippen LogP contribution in [-0.4, -0.2) is 126 Å². The maximum Gasteiger partial charge on any atom is 0.397 e. The number of azo groups is 3. The van der Waals surface area contributed by atoms with Crippen LogP contribution in [0, 0.1) is 13.8 Å². The van der Waals surface area contributed by atoms with Gasteiger partial charge in [0.1, 0.15) is 38.2 Å². The van der Waals surface area contributed by atoms with Crippen molar-refractivity contribution in [3.63, 3.8) is 0 Å². The molecule has 0 saturated carbocycles. The molecule has 44 heteroatoms. The number of phenols is 2. The molecule has 10 rings (SSSR count). The summed E-state index contributed by atoms with van der Waals surface area (Å²) >= 11 is 12.9. The molecule has 2 heterocycles. The topological polar surface area (TPSA) is 555 Å². The van der Waals surface area contributed by atoms with Crippen LogP contribution >= 0.6 is 23.2 Å². The van der Waals surface area contributed by atoms with E-state index in [0.29, 0.717) is 0 Å². The van der Waals surface area contributed by atoms with Crippen LogP contribution in [0.25, 0.3) is 21.5 Å². The normalized spacial score (nSPS) is 12.7. The molecule has 8 aromatic carbocycles. The number of hydrogen-bond donors (Lipinski definition) is 11. The number of aryl methyl sites for hydroxylation is 2. The standard InChI is InChI=1S/C54H42Cl2N16O20S6/c1-26-19-28-21-33(94(77,78)79)24-39(43(28)47(73)45(26)71-69-36-7-3-5-9-41(36)96(83,84)85)59-53-63-49(55)61-51(65-53)57-31-13-16-35(68-67-30-11-14-32(15-12-30)93(75,76)18-17-92-98(89,90)91)38(23-31)58-52-62-50(56)64-54(66-52)60-40-25-34(95(80,81)82)22-29-20-27(2)46(48(74)44(29)40)72-70-37-8-4-6-10-42(37)97(86,87)88/h3-16,19-25,73-74H,17-18H2,1-2H3,(H,77,78,79)(H,80,81,82)(H,83,84,85)(H,86,87,88)(H,89,90,91)(H2,57,59,61,63,65)(H2,58,60,62,64,66). The molecule has 0 aliphatic heterocycles. The molecular formula is C54H42Cl2N16O20S6.